The van der Waals surface area contributed by atoms with Crippen LogP contribution in [-0.2, 0) is 0 Å². The Balaban J connectivity index is 1.46. The topological polar surface area (TPSA) is 112 Å². The van der Waals surface area contributed by atoms with Crippen molar-refractivity contribution in [1.29, 1.82) is 5.26 Å². The maximum absolute atomic E-state index is 13.5. The number of carbonyl (C=O) groups is 1. The number of hydrogen-bond donors (Lipinski definition) is 2. The first-order chi connectivity index (χ1) is 16.9. The van der Waals surface area contributed by atoms with Gasteiger partial charge in [0.1, 0.15) is 6.04 Å². The maximum atomic E-state index is 13.5. The lowest BCUT2D eigenvalue weighted by Gasteiger charge is -2.45. The molecule has 0 bridgehead atoms. The van der Waals surface area contributed by atoms with Gasteiger partial charge in [-0.15, -0.1) is 0 Å². The predicted octanol–water partition coefficient (Wildman–Crippen LogP) is 4.25. The average molecular weight is 511 g/mol. The molecule has 2 aliphatic carbocycles. The van der Waals surface area contributed by atoms with Crippen LogP contribution in [0.2, 0.25) is 0 Å². The van der Waals surface area contributed by atoms with E-state index in [-0.39, 0.29) is 31.6 Å². The van der Waals surface area contributed by atoms with Crippen molar-refractivity contribution in [3.05, 3.63) is 29.7 Å². The lowest BCUT2D eigenvalue weighted by atomic mass is 9.63. The van der Waals surface area contributed by atoms with Gasteiger partial charge in [0.05, 0.1) is 48.2 Å². The summed E-state index contributed by atoms with van der Waals surface area (Å²) in [6, 6.07) is -0.570. The Morgan fingerprint density at radius 2 is 1.92 bits per heavy atom. The molecule has 0 spiro atoms. The molecule has 3 N–H and O–H groups in total. The summed E-state index contributed by atoms with van der Waals surface area (Å²) in [5, 5.41) is 16.3. The lowest BCUT2D eigenvalue weighted by molar-refractivity contribution is -0.150. The van der Waals surface area contributed by atoms with Gasteiger partial charge < -0.3 is 16.0 Å². The van der Waals surface area contributed by atoms with Crippen LogP contribution in [0.25, 0.3) is 5.65 Å². The van der Waals surface area contributed by atoms with Crippen molar-refractivity contribution in [3.63, 3.8) is 0 Å². The van der Waals surface area contributed by atoms with Gasteiger partial charge in [-0.3, -0.25) is 0 Å². The molecular weight excluding hydrogens is 485 g/mol. The number of nitrogens with two attached hydrogens (primary N) is 1. The van der Waals surface area contributed by atoms with Crippen molar-refractivity contribution < 1.29 is 26.7 Å². The smallest absolute Gasteiger partial charge is 0.324 e. The number of amides is 2. The second-order valence-corrected chi connectivity index (χ2v) is 10.2. The van der Waals surface area contributed by atoms with Crippen LogP contribution >= 0.6 is 0 Å². The average Bonchev–Trinajstić information content (AvgIpc) is 3.38. The first kappa shape index (κ1) is 24.7. The standard InChI is InChI=1S/C23H26F5N7O/c24-22(25)6-2-13(3-7-22)18(30)15-10-35-17(32-15)8-14(9-31-35)19(21(12-29)4-1-5-21)34-11-16(23(26,27)28)33-20(34)36/h8-10,13,16,18-19H,1-7,11,30H2,(H,33,36)/t16-,18-,19?/m0/s1. The minimum absolute atomic E-state index is 0.161. The van der Waals surface area contributed by atoms with Crippen LogP contribution < -0.4 is 11.1 Å². The van der Waals surface area contributed by atoms with E-state index in [1.54, 1.807) is 12.3 Å². The molecule has 2 aromatic rings. The Bertz CT molecular complexity index is 1190. The lowest BCUT2D eigenvalue weighted by Crippen LogP contribution is -2.46. The summed E-state index contributed by atoms with van der Waals surface area (Å²) >= 11 is 0. The Morgan fingerprint density at radius 1 is 1.22 bits per heavy atom. The summed E-state index contributed by atoms with van der Waals surface area (Å²) < 4.78 is 68.6. The van der Waals surface area contributed by atoms with Crippen LogP contribution in [0.1, 0.15) is 68.3 Å². The molecule has 5 rings (SSSR count). The molecule has 0 aromatic carbocycles. The number of nitrogens with one attached hydrogen (secondary N) is 1. The van der Waals surface area contributed by atoms with Gasteiger partial charge in [-0.25, -0.2) is 23.1 Å². The van der Waals surface area contributed by atoms with Crippen molar-refractivity contribution >= 4 is 11.7 Å². The number of imidazole rings is 1. The third kappa shape index (κ3) is 4.25. The number of nitriles is 1. The van der Waals surface area contributed by atoms with Gasteiger partial charge in [-0.2, -0.15) is 23.5 Å². The van der Waals surface area contributed by atoms with E-state index >= 15 is 0 Å². The molecule has 0 radical (unpaired) electrons. The molecule has 1 saturated heterocycles. The van der Waals surface area contributed by atoms with E-state index < -0.39 is 48.2 Å². The highest BCUT2D eigenvalue weighted by atomic mass is 19.4. The third-order valence-electron chi connectivity index (χ3n) is 7.92. The van der Waals surface area contributed by atoms with Crippen molar-refractivity contribution in [1.82, 2.24) is 24.8 Å². The van der Waals surface area contributed by atoms with E-state index in [1.807, 2.05) is 5.32 Å². The molecule has 13 heteroatoms. The molecule has 1 aliphatic heterocycles. The molecule has 2 aromatic heterocycles. The van der Waals surface area contributed by atoms with Gasteiger partial charge in [0, 0.05) is 18.4 Å². The summed E-state index contributed by atoms with van der Waals surface area (Å²) in [7, 11) is 0. The molecule has 8 nitrogen and oxygen atoms in total. The number of nitrogens with zero attached hydrogens (tertiary/aromatic N) is 5. The SMILES string of the molecule is N#CC1(C(c2cnn3cc([C@@H](N)C4CCC(F)(F)CC4)nc3c2)N2C[C@@H](C(F)(F)F)NC2=O)CCC1. The van der Waals surface area contributed by atoms with Crippen LogP contribution in [0.5, 0.6) is 0 Å². The van der Waals surface area contributed by atoms with Crippen LogP contribution in [0, 0.1) is 22.7 Å². The van der Waals surface area contributed by atoms with Crippen LogP contribution in [0.3, 0.4) is 0 Å². The number of urea groups is 1. The summed E-state index contributed by atoms with van der Waals surface area (Å²) in [6.45, 7) is -0.613. The minimum atomic E-state index is -4.62. The zero-order valence-corrected chi connectivity index (χ0v) is 19.3. The quantitative estimate of drug-likeness (QED) is 0.583. The van der Waals surface area contributed by atoms with Gasteiger partial charge >= 0.3 is 12.2 Å². The largest absolute Gasteiger partial charge is 0.410 e. The van der Waals surface area contributed by atoms with E-state index in [4.69, 9.17) is 5.73 Å². The fourth-order valence-corrected chi connectivity index (χ4v) is 5.65. The molecule has 194 valence electrons. The highest BCUT2D eigenvalue weighted by Gasteiger charge is 2.55. The number of hydrogen-bond acceptors (Lipinski definition) is 5. The van der Waals surface area contributed by atoms with E-state index in [1.165, 1.54) is 10.7 Å². The highest BCUT2D eigenvalue weighted by molar-refractivity contribution is 5.78. The van der Waals surface area contributed by atoms with E-state index in [2.05, 4.69) is 16.2 Å². The number of fused-ring (bicyclic) bond motifs is 1. The molecule has 2 amide bonds. The van der Waals surface area contributed by atoms with Crippen molar-refractivity contribution in [2.24, 2.45) is 17.1 Å². The normalized spacial score (nSPS) is 25.8. The number of carbonyl (C=O) groups excluding carboxylic acids is 1. The van der Waals surface area contributed by atoms with Crippen molar-refractivity contribution in [3.8, 4) is 6.07 Å². The fraction of sp³-hybridized carbons (Fsp3) is 0.652. The predicted molar refractivity (Wildman–Crippen MR) is 117 cm³/mol. The Hall–Kier alpha value is -3.01. The molecule has 3 atom stereocenters. The summed E-state index contributed by atoms with van der Waals surface area (Å²) in [4.78, 5) is 18.2. The molecule has 2 saturated carbocycles. The Morgan fingerprint density at radius 3 is 2.47 bits per heavy atom. The summed E-state index contributed by atoms with van der Waals surface area (Å²) in [5.74, 6) is -2.84. The molecule has 3 heterocycles. The van der Waals surface area contributed by atoms with Crippen molar-refractivity contribution in [2.45, 2.75) is 75.2 Å². The fourth-order valence-electron chi connectivity index (χ4n) is 5.65. The van der Waals surface area contributed by atoms with Crippen molar-refractivity contribution in [2.75, 3.05) is 6.54 Å². The van der Waals surface area contributed by atoms with E-state index in [0.717, 1.165) is 11.3 Å². The zero-order chi connectivity index (χ0) is 25.9. The molecule has 3 aliphatic rings. The second-order valence-electron chi connectivity index (χ2n) is 10.2. The maximum Gasteiger partial charge on any atom is 0.410 e. The highest BCUT2D eigenvalue weighted by Crippen LogP contribution is 2.53. The molecular formula is C23H26F5N7O. The van der Waals surface area contributed by atoms with Crippen LogP contribution in [0.4, 0.5) is 26.7 Å². The van der Waals surface area contributed by atoms with Gasteiger partial charge in [-0.05, 0) is 37.7 Å². The second kappa shape index (κ2) is 8.54. The van der Waals surface area contributed by atoms with Crippen LogP contribution in [-0.4, -0.2) is 50.2 Å². The molecule has 3 fully saturated rings. The number of halogens is 5. The summed E-state index contributed by atoms with van der Waals surface area (Å²) in [5.41, 5.74) is 6.56. The summed E-state index contributed by atoms with van der Waals surface area (Å²) in [6.07, 6.45) is 0.127. The third-order valence-corrected chi connectivity index (χ3v) is 7.92. The first-order valence-corrected chi connectivity index (χ1v) is 12.0. The van der Waals surface area contributed by atoms with Gasteiger partial charge in [0.2, 0.25) is 5.92 Å². The zero-order valence-electron chi connectivity index (χ0n) is 19.3. The number of aromatic nitrogens is 3. The van der Waals surface area contributed by atoms with Gasteiger partial charge in [-0.1, -0.05) is 6.42 Å². The molecule has 1 unspecified atom stereocenters. The Kier molecular flexibility index (Phi) is 5.85. The molecule has 36 heavy (non-hydrogen) atoms. The van der Waals surface area contributed by atoms with E-state index in [9.17, 15) is 32.0 Å². The van der Waals surface area contributed by atoms with E-state index in [0.29, 0.717) is 29.7 Å². The first-order valence-electron chi connectivity index (χ1n) is 12.0. The van der Waals surface area contributed by atoms with Crippen LogP contribution in [0.15, 0.2) is 18.5 Å². The monoisotopic (exact) mass is 511 g/mol. The van der Waals surface area contributed by atoms with Gasteiger partial charge in [0.15, 0.2) is 5.65 Å². The number of rotatable bonds is 5. The van der Waals surface area contributed by atoms with Gasteiger partial charge in [0.25, 0.3) is 0 Å². The minimum Gasteiger partial charge on any atom is -0.324 e. The number of alkyl halides is 5. The Labute approximate surface area is 203 Å².